The van der Waals surface area contributed by atoms with Gasteiger partial charge in [0.05, 0.1) is 6.10 Å². The zero-order chi connectivity index (χ0) is 11.3. The van der Waals surface area contributed by atoms with Gasteiger partial charge in [-0.1, -0.05) is 52.3 Å². The van der Waals surface area contributed by atoms with E-state index in [1.807, 2.05) is 18.2 Å². The fraction of sp³-hybridized carbons (Fsp3) is 0.273. The van der Waals surface area contributed by atoms with Crippen molar-refractivity contribution in [2.24, 2.45) is 0 Å². The third-order valence-electron chi connectivity index (χ3n) is 1.92. The summed E-state index contributed by atoms with van der Waals surface area (Å²) in [5, 5.41) is 13.5. The van der Waals surface area contributed by atoms with Gasteiger partial charge in [0.15, 0.2) is 0 Å². The highest BCUT2D eigenvalue weighted by Crippen LogP contribution is 2.21. The number of hydrogen-bond donors (Lipinski definition) is 2. The Kier molecular flexibility index (Phi) is 5.32. The Morgan fingerprint density at radius 1 is 1.53 bits per heavy atom. The molecule has 0 radical (unpaired) electrons. The Labute approximate surface area is 103 Å². The molecule has 0 spiro atoms. The summed E-state index contributed by atoms with van der Waals surface area (Å²) in [6, 6.07) is 7.28. The van der Waals surface area contributed by atoms with Crippen molar-refractivity contribution in [1.29, 1.82) is 0 Å². The molecular formula is C11H13BrClNO. The third-order valence-corrected chi connectivity index (χ3v) is 2.54. The third kappa shape index (κ3) is 4.34. The van der Waals surface area contributed by atoms with E-state index in [0.29, 0.717) is 18.1 Å². The summed E-state index contributed by atoms with van der Waals surface area (Å²) in [5.41, 5.74) is 0.742. The number of aliphatic hydroxyl groups is 1. The molecule has 1 rings (SSSR count). The van der Waals surface area contributed by atoms with Gasteiger partial charge in [0.25, 0.3) is 0 Å². The minimum absolute atomic E-state index is 0.453. The lowest BCUT2D eigenvalue weighted by Gasteiger charge is -2.13. The van der Waals surface area contributed by atoms with Crippen molar-refractivity contribution in [2.45, 2.75) is 6.10 Å². The SMILES string of the molecule is C=C(Br)CNCC(O)c1ccccc1Cl. The molecule has 1 aromatic rings. The van der Waals surface area contributed by atoms with E-state index in [2.05, 4.69) is 27.8 Å². The molecule has 0 aliphatic heterocycles. The molecule has 1 aromatic carbocycles. The molecule has 1 unspecified atom stereocenters. The van der Waals surface area contributed by atoms with Gasteiger partial charge in [-0.25, -0.2) is 0 Å². The van der Waals surface area contributed by atoms with Crippen molar-refractivity contribution in [3.8, 4) is 0 Å². The second kappa shape index (κ2) is 6.28. The highest BCUT2D eigenvalue weighted by Gasteiger charge is 2.09. The molecule has 0 aliphatic carbocycles. The van der Waals surface area contributed by atoms with Crippen LogP contribution in [0.4, 0.5) is 0 Å². The number of halogens is 2. The number of aliphatic hydroxyl groups excluding tert-OH is 1. The van der Waals surface area contributed by atoms with Crippen LogP contribution in [-0.2, 0) is 0 Å². The molecule has 0 aliphatic rings. The minimum atomic E-state index is -0.592. The number of benzene rings is 1. The Bertz CT molecular complexity index is 343. The monoisotopic (exact) mass is 289 g/mol. The largest absolute Gasteiger partial charge is 0.387 e. The van der Waals surface area contributed by atoms with Crippen LogP contribution in [0, 0.1) is 0 Å². The van der Waals surface area contributed by atoms with E-state index in [-0.39, 0.29) is 0 Å². The van der Waals surface area contributed by atoms with E-state index in [0.717, 1.165) is 10.0 Å². The van der Waals surface area contributed by atoms with Crippen molar-refractivity contribution in [3.63, 3.8) is 0 Å². The summed E-state index contributed by atoms with van der Waals surface area (Å²) in [7, 11) is 0. The molecule has 0 amide bonds. The van der Waals surface area contributed by atoms with Gasteiger partial charge in [-0.3, -0.25) is 0 Å². The lowest BCUT2D eigenvalue weighted by Crippen LogP contribution is -2.22. The van der Waals surface area contributed by atoms with Crippen LogP contribution in [0.15, 0.2) is 35.3 Å². The molecule has 0 heterocycles. The van der Waals surface area contributed by atoms with Gasteiger partial charge in [0.1, 0.15) is 0 Å². The van der Waals surface area contributed by atoms with E-state index >= 15 is 0 Å². The van der Waals surface area contributed by atoms with Gasteiger partial charge in [0.2, 0.25) is 0 Å². The molecule has 4 heteroatoms. The minimum Gasteiger partial charge on any atom is -0.387 e. The summed E-state index contributed by atoms with van der Waals surface area (Å²) < 4.78 is 0.855. The fourth-order valence-corrected chi connectivity index (χ4v) is 1.66. The average Bonchev–Trinajstić information content (AvgIpc) is 2.17. The maximum Gasteiger partial charge on any atom is 0.0928 e. The van der Waals surface area contributed by atoms with E-state index in [1.165, 1.54) is 0 Å². The predicted octanol–water partition coefficient (Wildman–Crippen LogP) is 2.87. The molecule has 82 valence electrons. The fourth-order valence-electron chi connectivity index (χ4n) is 1.20. The highest BCUT2D eigenvalue weighted by atomic mass is 79.9. The van der Waals surface area contributed by atoms with E-state index in [1.54, 1.807) is 6.07 Å². The number of rotatable bonds is 5. The molecule has 2 nitrogen and oxygen atoms in total. The van der Waals surface area contributed by atoms with Gasteiger partial charge in [-0.2, -0.15) is 0 Å². The van der Waals surface area contributed by atoms with Crippen LogP contribution in [0.2, 0.25) is 5.02 Å². The van der Waals surface area contributed by atoms with Crippen LogP contribution in [0.3, 0.4) is 0 Å². The first-order valence-corrected chi connectivity index (χ1v) is 5.75. The lowest BCUT2D eigenvalue weighted by atomic mass is 10.1. The quantitative estimate of drug-likeness (QED) is 0.874. The Morgan fingerprint density at radius 3 is 2.80 bits per heavy atom. The second-order valence-corrected chi connectivity index (χ2v) is 4.71. The van der Waals surface area contributed by atoms with E-state index in [9.17, 15) is 5.11 Å². The van der Waals surface area contributed by atoms with Crippen LogP contribution in [-0.4, -0.2) is 18.2 Å². The smallest absolute Gasteiger partial charge is 0.0928 e. The van der Waals surface area contributed by atoms with Crippen molar-refractivity contribution >= 4 is 27.5 Å². The summed E-state index contributed by atoms with van der Waals surface area (Å²) in [5.74, 6) is 0. The first-order chi connectivity index (χ1) is 7.11. The molecule has 0 fully saturated rings. The van der Waals surface area contributed by atoms with E-state index < -0.39 is 6.10 Å². The topological polar surface area (TPSA) is 32.3 Å². The van der Waals surface area contributed by atoms with Gasteiger partial charge in [-0.15, -0.1) is 0 Å². The first-order valence-electron chi connectivity index (χ1n) is 4.57. The summed E-state index contributed by atoms with van der Waals surface area (Å²) in [6.45, 7) is 4.77. The Balaban J connectivity index is 2.50. The number of nitrogens with one attached hydrogen (secondary N) is 1. The van der Waals surface area contributed by atoms with Crippen molar-refractivity contribution in [1.82, 2.24) is 5.32 Å². The molecular weight excluding hydrogens is 277 g/mol. The van der Waals surface area contributed by atoms with Crippen molar-refractivity contribution in [3.05, 3.63) is 45.9 Å². The average molecular weight is 291 g/mol. The normalized spacial score (nSPS) is 12.5. The maximum atomic E-state index is 9.82. The van der Waals surface area contributed by atoms with E-state index in [4.69, 9.17) is 11.6 Å². The van der Waals surface area contributed by atoms with Crippen LogP contribution in [0.5, 0.6) is 0 Å². The van der Waals surface area contributed by atoms with Gasteiger partial charge < -0.3 is 10.4 Å². The standard InChI is InChI=1S/C11H13BrClNO/c1-8(12)6-14-7-11(15)9-4-2-3-5-10(9)13/h2-5,11,14-15H,1,6-7H2. The first kappa shape index (κ1) is 12.7. The van der Waals surface area contributed by atoms with Crippen molar-refractivity contribution in [2.75, 3.05) is 13.1 Å². The lowest BCUT2D eigenvalue weighted by molar-refractivity contribution is 0.176. The van der Waals surface area contributed by atoms with Crippen LogP contribution in [0.1, 0.15) is 11.7 Å². The van der Waals surface area contributed by atoms with Crippen LogP contribution < -0.4 is 5.32 Å². The molecule has 0 saturated heterocycles. The van der Waals surface area contributed by atoms with Crippen LogP contribution >= 0.6 is 27.5 Å². The van der Waals surface area contributed by atoms with Crippen LogP contribution in [0.25, 0.3) is 0 Å². The molecule has 15 heavy (non-hydrogen) atoms. The number of hydrogen-bond acceptors (Lipinski definition) is 2. The van der Waals surface area contributed by atoms with Gasteiger partial charge in [0, 0.05) is 28.2 Å². The summed E-state index contributed by atoms with van der Waals surface area (Å²) in [4.78, 5) is 0. The Hall–Kier alpha value is -0.350. The van der Waals surface area contributed by atoms with Crippen molar-refractivity contribution < 1.29 is 5.11 Å². The molecule has 1 atom stereocenters. The Morgan fingerprint density at radius 2 is 2.20 bits per heavy atom. The molecule has 0 aromatic heterocycles. The summed E-state index contributed by atoms with van der Waals surface area (Å²) in [6.07, 6.45) is -0.592. The maximum absolute atomic E-state index is 9.82. The second-order valence-electron chi connectivity index (χ2n) is 3.19. The molecule has 0 saturated carbocycles. The van der Waals surface area contributed by atoms with Gasteiger partial charge in [-0.05, 0) is 6.07 Å². The molecule has 0 bridgehead atoms. The highest BCUT2D eigenvalue weighted by molar-refractivity contribution is 9.11. The zero-order valence-corrected chi connectivity index (χ0v) is 10.6. The predicted molar refractivity (Wildman–Crippen MR) is 67.3 cm³/mol. The van der Waals surface area contributed by atoms with Gasteiger partial charge >= 0.3 is 0 Å². The zero-order valence-electron chi connectivity index (χ0n) is 8.21. The summed E-state index contributed by atoms with van der Waals surface area (Å²) >= 11 is 9.18. The molecule has 2 N–H and O–H groups in total.